The summed E-state index contributed by atoms with van der Waals surface area (Å²) < 4.78 is 42.0. The van der Waals surface area contributed by atoms with Crippen LogP contribution in [0.15, 0.2) is 73.3 Å². The summed E-state index contributed by atoms with van der Waals surface area (Å²) in [7, 11) is 0. The van der Waals surface area contributed by atoms with Crippen LogP contribution in [0.2, 0.25) is 5.02 Å². The van der Waals surface area contributed by atoms with Crippen LogP contribution in [-0.2, 0) is 19.3 Å². The van der Waals surface area contributed by atoms with E-state index < -0.39 is 11.7 Å². The van der Waals surface area contributed by atoms with Crippen LogP contribution in [0, 0.1) is 0 Å². The molecule has 2 heterocycles. The van der Waals surface area contributed by atoms with Gasteiger partial charge in [0.25, 0.3) is 0 Å². The minimum Gasteiger partial charge on any atom is -0.330 e. The molecule has 33 heavy (non-hydrogen) atoms. The van der Waals surface area contributed by atoms with E-state index in [4.69, 9.17) is 23.8 Å². The highest BCUT2D eigenvalue weighted by Crippen LogP contribution is 2.29. The third kappa shape index (κ3) is 6.33. The van der Waals surface area contributed by atoms with E-state index in [9.17, 15) is 13.2 Å². The fraction of sp³-hybridized carbons (Fsp3) is 0.136. The Labute approximate surface area is 198 Å². The lowest BCUT2D eigenvalue weighted by Gasteiger charge is -2.09. The monoisotopic (exact) mass is 490 g/mol. The number of thiocarbonyl (C=S) groups is 1. The average molecular weight is 491 g/mol. The normalized spacial score (nSPS) is 11.4. The number of nitrogens with one attached hydrogen (secondary N) is 2. The van der Waals surface area contributed by atoms with Gasteiger partial charge in [-0.25, -0.2) is 0 Å². The van der Waals surface area contributed by atoms with Gasteiger partial charge in [-0.2, -0.15) is 23.4 Å². The van der Waals surface area contributed by atoms with Crippen LogP contribution in [-0.4, -0.2) is 24.7 Å². The van der Waals surface area contributed by atoms with E-state index in [0.717, 1.165) is 17.7 Å². The molecule has 6 nitrogen and oxygen atoms in total. The van der Waals surface area contributed by atoms with Gasteiger partial charge in [-0.05, 0) is 47.6 Å². The lowest BCUT2D eigenvalue weighted by Crippen LogP contribution is -2.18. The third-order valence-corrected chi connectivity index (χ3v) is 5.05. The second-order valence-corrected chi connectivity index (χ2v) is 8.11. The topological polar surface area (TPSA) is 59.7 Å². The molecule has 2 aromatic heterocycles. The summed E-state index contributed by atoms with van der Waals surface area (Å²) >= 11 is 11.3. The number of nitrogens with zero attached hydrogens (tertiary/aromatic N) is 4. The maximum absolute atomic E-state index is 12.9. The molecule has 0 amide bonds. The highest BCUT2D eigenvalue weighted by molar-refractivity contribution is 7.80. The zero-order valence-corrected chi connectivity index (χ0v) is 18.6. The summed E-state index contributed by atoms with van der Waals surface area (Å²) in [4.78, 5) is 0. The van der Waals surface area contributed by atoms with E-state index >= 15 is 0 Å². The fourth-order valence-corrected chi connectivity index (χ4v) is 3.63. The molecule has 0 radical (unpaired) electrons. The first-order valence-electron chi connectivity index (χ1n) is 9.78. The summed E-state index contributed by atoms with van der Waals surface area (Å²) in [5, 5.41) is 15.5. The van der Waals surface area contributed by atoms with Gasteiger partial charge in [0, 0.05) is 17.4 Å². The minimum absolute atomic E-state index is 0.196. The number of anilines is 2. The second kappa shape index (κ2) is 9.63. The Morgan fingerprint density at radius 2 is 1.42 bits per heavy atom. The number of aromatic nitrogens is 4. The van der Waals surface area contributed by atoms with Crippen LogP contribution >= 0.6 is 23.8 Å². The van der Waals surface area contributed by atoms with E-state index in [1.54, 1.807) is 29.3 Å². The van der Waals surface area contributed by atoms with Crippen molar-refractivity contribution in [2.24, 2.45) is 0 Å². The Balaban J connectivity index is 1.32. The van der Waals surface area contributed by atoms with Crippen molar-refractivity contribution in [3.8, 4) is 0 Å². The molecular weight excluding hydrogens is 473 g/mol. The van der Waals surface area contributed by atoms with Crippen LogP contribution in [0.25, 0.3) is 0 Å². The first-order valence-corrected chi connectivity index (χ1v) is 10.6. The number of benzene rings is 2. The first kappa shape index (κ1) is 22.8. The van der Waals surface area contributed by atoms with Gasteiger partial charge in [0.2, 0.25) is 0 Å². The molecule has 4 aromatic rings. The zero-order chi connectivity index (χ0) is 23.4. The number of hydrogen-bond donors (Lipinski definition) is 2. The van der Waals surface area contributed by atoms with Gasteiger partial charge in [-0.1, -0.05) is 35.9 Å². The van der Waals surface area contributed by atoms with Crippen molar-refractivity contribution < 1.29 is 13.2 Å². The predicted octanol–water partition coefficient (Wildman–Crippen LogP) is 5.66. The highest BCUT2D eigenvalue weighted by atomic mass is 35.5. The van der Waals surface area contributed by atoms with Gasteiger partial charge < -0.3 is 10.6 Å². The molecule has 0 atom stereocenters. The van der Waals surface area contributed by atoms with Gasteiger partial charge in [0.05, 0.1) is 42.4 Å². The molecule has 0 aliphatic rings. The smallest absolute Gasteiger partial charge is 0.330 e. The largest absolute Gasteiger partial charge is 0.416 e. The maximum Gasteiger partial charge on any atom is 0.416 e. The van der Waals surface area contributed by atoms with Crippen LogP contribution in [0.4, 0.5) is 24.5 Å². The first-order chi connectivity index (χ1) is 15.7. The Bertz CT molecular complexity index is 1270. The van der Waals surface area contributed by atoms with Gasteiger partial charge >= 0.3 is 6.18 Å². The predicted molar refractivity (Wildman–Crippen MR) is 125 cm³/mol. The van der Waals surface area contributed by atoms with Gasteiger partial charge in [-0.3, -0.25) is 9.36 Å². The van der Waals surface area contributed by atoms with E-state index in [2.05, 4.69) is 20.8 Å². The lowest BCUT2D eigenvalue weighted by molar-refractivity contribution is -0.137. The molecule has 0 fully saturated rings. The third-order valence-electron chi connectivity index (χ3n) is 4.61. The Morgan fingerprint density at radius 3 is 1.97 bits per heavy atom. The molecule has 2 aromatic carbocycles. The number of rotatable bonds is 6. The van der Waals surface area contributed by atoms with E-state index in [-0.39, 0.29) is 6.54 Å². The molecule has 0 saturated heterocycles. The molecule has 0 aliphatic heterocycles. The average Bonchev–Trinajstić information content (AvgIpc) is 3.37. The Kier molecular flexibility index (Phi) is 6.66. The van der Waals surface area contributed by atoms with Gasteiger partial charge in [-0.15, -0.1) is 0 Å². The quantitative estimate of drug-likeness (QED) is 0.342. The molecular formula is C22H18ClF3N6S. The van der Waals surface area contributed by atoms with E-state index in [1.165, 1.54) is 10.7 Å². The van der Waals surface area contributed by atoms with Crippen molar-refractivity contribution in [2.75, 3.05) is 10.6 Å². The SMILES string of the molecule is FC(F)(F)c1cccc(Cn2cc(NC(=S)Nc3cnn(Cc4cccc(Cl)c4)c3)cn2)c1. The van der Waals surface area contributed by atoms with Crippen molar-refractivity contribution in [3.05, 3.63) is 95.0 Å². The van der Waals surface area contributed by atoms with Gasteiger partial charge in [0.15, 0.2) is 5.11 Å². The minimum atomic E-state index is -4.38. The van der Waals surface area contributed by atoms with Crippen molar-refractivity contribution in [1.29, 1.82) is 0 Å². The highest BCUT2D eigenvalue weighted by Gasteiger charge is 2.30. The molecule has 170 valence electrons. The maximum atomic E-state index is 12.9. The van der Waals surface area contributed by atoms with E-state index in [0.29, 0.717) is 33.6 Å². The molecule has 0 bridgehead atoms. The van der Waals surface area contributed by atoms with Gasteiger partial charge in [0.1, 0.15) is 0 Å². The standard InChI is InChI=1S/C22H18ClF3N6S/c23-18-6-2-4-16(8-18)12-32-14-20(10-28-32)30-21(33)29-19-9-27-31(13-19)11-15-3-1-5-17(7-15)22(24,25)26/h1-10,13-14H,11-12H2,(H2,29,30,33). The molecule has 4 rings (SSSR count). The molecule has 11 heteroatoms. The van der Waals surface area contributed by atoms with Crippen molar-refractivity contribution >= 4 is 40.3 Å². The number of hydrogen-bond acceptors (Lipinski definition) is 3. The summed E-state index contributed by atoms with van der Waals surface area (Å²) in [5.41, 5.74) is 2.13. The molecule has 0 aliphatic carbocycles. The van der Waals surface area contributed by atoms with E-state index in [1.807, 2.05) is 30.5 Å². The molecule has 0 unspecified atom stereocenters. The van der Waals surface area contributed by atoms with Crippen LogP contribution < -0.4 is 10.6 Å². The fourth-order valence-electron chi connectivity index (χ4n) is 3.18. The molecule has 0 saturated carbocycles. The van der Waals surface area contributed by atoms with Crippen LogP contribution in [0.5, 0.6) is 0 Å². The van der Waals surface area contributed by atoms with Crippen molar-refractivity contribution in [1.82, 2.24) is 19.6 Å². The summed E-state index contributed by atoms with van der Waals surface area (Å²) in [6.45, 7) is 0.757. The summed E-state index contributed by atoms with van der Waals surface area (Å²) in [5.74, 6) is 0. The Hall–Kier alpha value is -3.37. The second-order valence-electron chi connectivity index (χ2n) is 7.26. The number of alkyl halides is 3. The van der Waals surface area contributed by atoms with Crippen LogP contribution in [0.1, 0.15) is 16.7 Å². The lowest BCUT2D eigenvalue weighted by atomic mass is 10.1. The summed E-state index contributed by atoms with van der Waals surface area (Å²) in [6.07, 6.45) is 2.29. The zero-order valence-electron chi connectivity index (χ0n) is 17.1. The van der Waals surface area contributed by atoms with Crippen molar-refractivity contribution in [3.63, 3.8) is 0 Å². The molecule has 0 spiro atoms. The summed E-state index contributed by atoms with van der Waals surface area (Å²) in [6, 6.07) is 12.7. The van der Waals surface area contributed by atoms with Crippen LogP contribution in [0.3, 0.4) is 0 Å². The molecule has 2 N–H and O–H groups in total. The van der Waals surface area contributed by atoms with Crippen molar-refractivity contribution in [2.45, 2.75) is 19.3 Å². The number of halogens is 4. The Morgan fingerprint density at radius 1 is 0.879 bits per heavy atom.